The number of hydrogen-bond acceptors (Lipinski definition) is 3. The Bertz CT molecular complexity index is 931. The SMILES string of the molecule is COc1ccc(CCN(C)C(=O)Cc2cccc3ccccc23)cc1OC. The van der Waals surface area contributed by atoms with E-state index >= 15 is 0 Å². The van der Waals surface area contributed by atoms with Crippen LogP contribution in [0, 0.1) is 0 Å². The fourth-order valence-electron chi connectivity index (χ4n) is 3.20. The van der Waals surface area contributed by atoms with Gasteiger partial charge in [0, 0.05) is 13.6 Å². The third kappa shape index (κ3) is 4.40. The molecule has 0 heterocycles. The summed E-state index contributed by atoms with van der Waals surface area (Å²) in [6.45, 7) is 0.652. The Morgan fingerprint density at radius 1 is 0.926 bits per heavy atom. The molecule has 0 atom stereocenters. The number of methoxy groups -OCH3 is 2. The van der Waals surface area contributed by atoms with E-state index in [2.05, 4.69) is 18.2 Å². The molecule has 3 aromatic rings. The number of likely N-dealkylation sites (N-methyl/N-ethyl adjacent to an activating group) is 1. The average Bonchev–Trinajstić information content (AvgIpc) is 2.71. The van der Waals surface area contributed by atoms with Crippen LogP contribution >= 0.6 is 0 Å². The maximum Gasteiger partial charge on any atom is 0.226 e. The molecule has 0 aromatic heterocycles. The molecule has 0 unspecified atom stereocenters. The predicted molar refractivity (Wildman–Crippen MR) is 109 cm³/mol. The van der Waals surface area contributed by atoms with Gasteiger partial charge in [-0.3, -0.25) is 4.79 Å². The van der Waals surface area contributed by atoms with Gasteiger partial charge in [0.1, 0.15) is 0 Å². The maximum atomic E-state index is 12.7. The molecule has 0 aliphatic carbocycles. The molecule has 0 N–H and O–H groups in total. The molecule has 4 heteroatoms. The number of hydrogen-bond donors (Lipinski definition) is 0. The summed E-state index contributed by atoms with van der Waals surface area (Å²) in [4.78, 5) is 14.5. The molecule has 4 nitrogen and oxygen atoms in total. The number of ether oxygens (including phenoxy) is 2. The van der Waals surface area contributed by atoms with Crippen molar-refractivity contribution in [2.24, 2.45) is 0 Å². The third-order valence-corrected chi connectivity index (χ3v) is 4.83. The van der Waals surface area contributed by atoms with Crippen LogP contribution in [0.3, 0.4) is 0 Å². The normalized spacial score (nSPS) is 10.6. The average molecular weight is 363 g/mol. The second-order valence-corrected chi connectivity index (χ2v) is 6.57. The van der Waals surface area contributed by atoms with Crippen LogP contribution < -0.4 is 9.47 Å². The van der Waals surface area contributed by atoms with Crippen molar-refractivity contribution in [3.05, 3.63) is 71.8 Å². The molecule has 1 amide bonds. The number of carbonyl (C=O) groups excluding carboxylic acids is 1. The summed E-state index contributed by atoms with van der Waals surface area (Å²) in [5, 5.41) is 2.30. The summed E-state index contributed by atoms with van der Waals surface area (Å²) in [7, 11) is 5.10. The lowest BCUT2D eigenvalue weighted by molar-refractivity contribution is -0.129. The van der Waals surface area contributed by atoms with Crippen molar-refractivity contribution in [2.45, 2.75) is 12.8 Å². The summed E-state index contributed by atoms with van der Waals surface area (Å²) in [6, 6.07) is 20.1. The van der Waals surface area contributed by atoms with Crippen LogP contribution in [0.25, 0.3) is 10.8 Å². The van der Waals surface area contributed by atoms with Gasteiger partial charge in [-0.2, -0.15) is 0 Å². The van der Waals surface area contributed by atoms with Gasteiger partial charge in [-0.1, -0.05) is 48.5 Å². The molecule has 140 valence electrons. The van der Waals surface area contributed by atoms with Crippen molar-refractivity contribution in [3.8, 4) is 11.5 Å². The lowest BCUT2D eigenvalue weighted by Crippen LogP contribution is -2.30. The zero-order valence-electron chi connectivity index (χ0n) is 16.1. The lowest BCUT2D eigenvalue weighted by atomic mass is 10.0. The monoisotopic (exact) mass is 363 g/mol. The maximum absolute atomic E-state index is 12.7. The van der Waals surface area contributed by atoms with Gasteiger partial charge < -0.3 is 14.4 Å². The predicted octanol–water partition coefficient (Wildman–Crippen LogP) is 4.10. The van der Waals surface area contributed by atoms with E-state index in [9.17, 15) is 4.79 Å². The minimum Gasteiger partial charge on any atom is -0.493 e. The second-order valence-electron chi connectivity index (χ2n) is 6.57. The van der Waals surface area contributed by atoms with Crippen LogP contribution in [0.4, 0.5) is 0 Å². The second kappa shape index (κ2) is 8.58. The quantitative estimate of drug-likeness (QED) is 0.634. The van der Waals surface area contributed by atoms with Crippen molar-refractivity contribution in [1.29, 1.82) is 0 Å². The lowest BCUT2D eigenvalue weighted by Gasteiger charge is -2.18. The molecule has 0 bridgehead atoms. The molecule has 27 heavy (non-hydrogen) atoms. The first kappa shape index (κ1) is 18.8. The fraction of sp³-hybridized carbons (Fsp3) is 0.261. The van der Waals surface area contributed by atoms with Crippen molar-refractivity contribution >= 4 is 16.7 Å². The molecule has 3 rings (SSSR count). The number of nitrogens with zero attached hydrogens (tertiary/aromatic N) is 1. The van der Waals surface area contributed by atoms with Crippen LogP contribution in [0.15, 0.2) is 60.7 Å². The highest BCUT2D eigenvalue weighted by Gasteiger charge is 2.12. The smallest absolute Gasteiger partial charge is 0.226 e. The Morgan fingerprint density at radius 2 is 1.67 bits per heavy atom. The van der Waals surface area contributed by atoms with Crippen molar-refractivity contribution in [2.75, 3.05) is 27.8 Å². The van der Waals surface area contributed by atoms with Crippen LogP contribution in [0.2, 0.25) is 0 Å². The topological polar surface area (TPSA) is 38.8 Å². The highest BCUT2D eigenvalue weighted by Crippen LogP contribution is 2.27. The highest BCUT2D eigenvalue weighted by atomic mass is 16.5. The van der Waals surface area contributed by atoms with Gasteiger partial charge in [0.05, 0.1) is 20.6 Å². The molecular weight excluding hydrogens is 338 g/mol. The zero-order valence-corrected chi connectivity index (χ0v) is 16.1. The van der Waals surface area contributed by atoms with Crippen molar-refractivity contribution in [1.82, 2.24) is 4.90 Å². The van der Waals surface area contributed by atoms with Crippen LogP contribution in [-0.4, -0.2) is 38.6 Å². The van der Waals surface area contributed by atoms with Gasteiger partial charge in [-0.15, -0.1) is 0 Å². The molecular formula is C23H25NO3. The number of amides is 1. The van der Waals surface area contributed by atoms with Crippen molar-refractivity contribution < 1.29 is 14.3 Å². The molecule has 0 saturated heterocycles. The van der Waals surface area contributed by atoms with E-state index in [1.807, 2.05) is 49.5 Å². The van der Waals surface area contributed by atoms with Gasteiger partial charge in [0.15, 0.2) is 11.5 Å². The van der Waals surface area contributed by atoms with E-state index in [4.69, 9.17) is 9.47 Å². The Morgan fingerprint density at radius 3 is 2.44 bits per heavy atom. The van der Waals surface area contributed by atoms with Gasteiger partial charge in [-0.05, 0) is 40.5 Å². The Labute approximate surface area is 160 Å². The first-order chi connectivity index (χ1) is 13.1. The first-order valence-corrected chi connectivity index (χ1v) is 9.04. The number of benzene rings is 3. The number of carbonyl (C=O) groups is 1. The summed E-state index contributed by atoms with van der Waals surface area (Å²) in [5.74, 6) is 1.54. The number of fused-ring (bicyclic) bond motifs is 1. The zero-order chi connectivity index (χ0) is 19.2. The molecule has 0 fully saturated rings. The fourth-order valence-corrected chi connectivity index (χ4v) is 3.20. The van der Waals surface area contributed by atoms with E-state index in [1.165, 1.54) is 0 Å². The van der Waals surface area contributed by atoms with Crippen molar-refractivity contribution in [3.63, 3.8) is 0 Å². The Hall–Kier alpha value is -3.01. The van der Waals surface area contributed by atoms with E-state index in [0.29, 0.717) is 24.5 Å². The Kier molecular flexibility index (Phi) is 5.97. The van der Waals surface area contributed by atoms with Crippen LogP contribution in [0.1, 0.15) is 11.1 Å². The van der Waals surface area contributed by atoms with Gasteiger partial charge in [0.2, 0.25) is 5.91 Å². The van der Waals surface area contributed by atoms with Gasteiger partial charge in [-0.25, -0.2) is 0 Å². The summed E-state index contributed by atoms with van der Waals surface area (Å²) in [6.07, 6.45) is 1.17. The van der Waals surface area contributed by atoms with E-state index in [1.54, 1.807) is 19.1 Å². The molecule has 0 saturated carbocycles. The van der Waals surface area contributed by atoms with E-state index < -0.39 is 0 Å². The molecule has 0 spiro atoms. The highest BCUT2D eigenvalue weighted by molar-refractivity contribution is 5.90. The molecule has 0 aliphatic heterocycles. The van der Waals surface area contributed by atoms with E-state index in [0.717, 1.165) is 28.3 Å². The molecule has 0 radical (unpaired) electrons. The van der Waals surface area contributed by atoms with Crippen LogP contribution in [-0.2, 0) is 17.6 Å². The summed E-state index contributed by atoms with van der Waals surface area (Å²) < 4.78 is 10.6. The largest absolute Gasteiger partial charge is 0.493 e. The van der Waals surface area contributed by atoms with E-state index in [-0.39, 0.29) is 5.91 Å². The molecule has 3 aromatic carbocycles. The first-order valence-electron chi connectivity index (χ1n) is 9.04. The van der Waals surface area contributed by atoms with Gasteiger partial charge in [0.25, 0.3) is 0 Å². The Balaban J connectivity index is 1.64. The van der Waals surface area contributed by atoms with Gasteiger partial charge >= 0.3 is 0 Å². The third-order valence-electron chi connectivity index (χ3n) is 4.83. The van der Waals surface area contributed by atoms with Crippen LogP contribution in [0.5, 0.6) is 11.5 Å². The summed E-state index contributed by atoms with van der Waals surface area (Å²) in [5.41, 5.74) is 2.17. The minimum atomic E-state index is 0.117. The summed E-state index contributed by atoms with van der Waals surface area (Å²) >= 11 is 0. The standard InChI is InChI=1S/C23H25NO3/c1-24(14-13-17-11-12-21(26-2)22(15-17)27-3)23(25)16-19-9-6-8-18-7-4-5-10-20(18)19/h4-12,15H,13-14,16H2,1-3H3. The number of rotatable bonds is 7. The minimum absolute atomic E-state index is 0.117. The molecule has 0 aliphatic rings.